The molecule has 3 aromatic rings. The maximum atomic E-state index is 11.9. The van der Waals surface area contributed by atoms with E-state index < -0.39 is 19.7 Å². The molecule has 0 saturated carbocycles. The molecule has 0 radical (unpaired) electrons. The molecular formula is C21H20O2PbS. The van der Waals surface area contributed by atoms with Gasteiger partial charge in [0.15, 0.2) is 0 Å². The quantitative estimate of drug-likeness (QED) is 0.353. The first kappa shape index (κ1) is 18.2. The first-order valence-corrected chi connectivity index (χ1v) is 19.7. The molecule has 25 heavy (non-hydrogen) atoms. The first-order valence-electron chi connectivity index (χ1n) is 8.14. The van der Waals surface area contributed by atoms with Crippen molar-refractivity contribution < 1.29 is 9.53 Å². The van der Waals surface area contributed by atoms with E-state index in [2.05, 4.69) is 72.8 Å². The Kier molecular flexibility index (Phi) is 6.31. The number of hydrogen-bond donors (Lipinski definition) is 0. The molecule has 0 bridgehead atoms. The van der Waals surface area contributed by atoms with Crippen molar-refractivity contribution in [2.75, 3.05) is 12.9 Å². The molecule has 0 heterocycles. The van der Waals surface area contributed by atoms with Crippen molar-refractivity contribution in [2.24, 2.45) is 0 Å². The van der Waals surface area contributed by atoms with Crippen molar-refractivity contribution in [1.29, 1.82) is 0 Å². The summed E-state index contributed by atoms with van der Waals surface area (Å²) in [5.74, 6) is 0.202. The van der Waals surface area contributed by atoms with Gasteiger partial charge >= 0.3 is 157 Å². The third kappa shape index (κ3) is 3.98. The molecule has 0 amide bonds. The van der Waals surface area contributed by atoms with E-state index >= 15 is 0 Å². The van der Waals surface area contributed by atoms with E-state index in [1.165, 1.54) is 16.5 Å². The Morgan fingerprint density at radius 3 is 1.44 bits per heavy atom. The fraction of sp³-hybridized carbons (Fsp3) is 0.0952. The van der Waals surface area contributed by atoms with E-state index in [-0.39, 0.29) is 5.97 Å². The molecule has 0 aliphatic rings. The predicted octanol–water partition coefficient (Wildman–Crippen LogP) is 2.56. The summed E-state index contributed by atoms with van der Waals surface area (Å²) in [6, 6.07) is 32.0. The molecule has 0 aromatic heterocycles. The van der Waals surface area contributed by atoms with E-state index in [4.69, 9.17) is 4.74 Å². The molecule has 2 nitrogen and oxygen atoms in total. The second-order valence-electron chi connectivity index (χ2n) is 5.64. The van der Waals surface area contributed by atoms with Gasteiger partial charge in [-0.3, -0.25) is 0 Å². The van der Waals surface area contributed by atoms with Crippen molar-refractivity contribution >= 4 is 43.3 Å². The molecule has 3 rings (SSSR count). The van der Waals surface area contributed by atoms with Gasteiger partial charge in [-0.15, -0.1) is 0 Å². The standard InChI is InChI=1S/3C6H5.C3H6O2S.Pb/c3*1-2-4-6-5-3-1;1-5-3(4)2-6;/h3*1-5H;6H,2H2,1H3;/q;;;;+1/p-1. The van der Waals surface area contributed by atoms with E-state index in [1.807, 2.05) is 26.5 Å². The van der Waals surface area contributed by atoms with Gasteiger partial charge in [0, 0.05) is 0 Å². The van der Waals surface area contributed by atoms with Gasteiger partial charge in [-0.05, 0) is 0 Å². The van der Waals surface area contributed by atoms with Crippen molar-refractivity contribution in [3.63, 3.8) is 0 Å². The normalized spacial score (nSPS) is 11.1. The Labute approximate surface area is 156 Å². The van der Waals surface area contributed by atoms with Crippen LogP contribution in [-0.4, -0.2) is 38.5 Å². The fourth-order valence-electron chi connectivity index (χ4n) is 2.99. The number of ether oxygens (including phenoxy) is 1. The molecule has 0 N–H and O–H groups in total. The minimum absolute atomic E-state index is 0.169. The molecule has 0 aliphatic heterocycles. The number of carbonyl (C=O) groups excluding carboxylic acids is 1. The van der Waals surface area contributed by atoms with E-state index in [9.17, 15) is 4.79 Å². The van der Waals surface area contributed by atoms with Gasteiger partial charge < -0.3 is 0 Å². The summed E-state index contributed by atoms with van der Waals surface area (Å²) in [5.41, 5.74) is 0. The number of rotatable bonds is 6. The molecular weight excluding hydrogens is 523 g/mol. The molecule has 0 spiro atoms. The zero-order valence-corrected chi connectivity index (χ0v) is 18.8. The van der Waals surface area contributed by atoms with Crippen molar-refractivity contribution in [1.82, 2.24) is 0 Å². The average molecular weight is 544 g/mol. The van der Waals surface area contributed by atoms with E-state index in [1.54, 1.807) is 0 Å². The third-order valence-electron chi connectivity index (χ3n) is 4.18. The Morgan fingerprint density at radius 2 is 1.12 bits per heavy atom. The van der Waals surface area contributed by atoms with Crippen LogP contribution in [0.25, 0.3) is 0 Å². The van der Waals surface area contributed by atoms with Crippen molar-refractivity contribution in [2.45, 2.75) is 0 Å². The molecule has 0 aliphatic carbocycles. The van der Waals surface area contributed by atoms with Crippen LogP contribution in [0.3, 0.4) is 0 Å². The first-order chi connectivity index (χ1) is 12.3. The average Bonchev–Trinajstić information content (AvgIpc) is 2.71. The summed E-state index contributed by atoms with van der Waals surface area (Å²) in [7, 11) is 3.26. The van der Waals surface area contributed by atoms with Crippen molar-refractivity contribution in [3.8, 4) is 0 Å². The van der Waals surface area contributed by atoms with Crippen LogP contribution in [0.2, 0.25) is 0 Å². The van der Waals surface area contributed by atoms with Gasteiger partial charge in [-0.2, -0.15) is 0 Å². The van der Waals surface area contributed by atoms with Crippen LogP contribution >= 0.6 is 8.31 Å². The van der Waals surface area contributed by atoms with E-state index in [0.29, 0.717) is 5.75 Å². The van der Waals surface area contributed by atoms with Crippen LogP contribution in [0.5, 0.6) is 0 Å². The summed E-state index contributed by atoms with van der Waals surface area (Å²) < 4.78 is 9.02. The second kappa shape index (κ2) is 8.67. The molecule has 0 atom stereocenters. The van der Waals surface area contributed by atoms with Gasteiger partial charge in [-0.1, -0.05) is 0 Å². The molecule has 3 aromatic carbocycles. The van der Waals surface area contributed by atoms with Crippen LogP contribution in [0, 0.1) is 0 Å². The van der Waals surface area contributed by atoms with Crippen LogP contribution in [0.1, 0.15) is 0 Å². The minimum atomic E-state index is -3.53. The number of methoxy groups -OCH3 is 1. The predicted molar refractivity (Wildman–Crippen MR) is 108 cm³/mol. The fourth-order valence-corrected chi connectivity index (χ4v) is 28.9. The number of esters is 1. The number of hydrogen-bond acceptors (Lipinski definition) is 3. The Hall–Kier alpha value is -1.60. The summed E-state index contributed by atoms with van der Waals surface area (Å²) in [6.45, 7) is 0. The SMILES string of the molecule is COC(=O)C[S][Pb]([c]1ccccc1)([c]1ccccc1)[c]1ccccc1. The Balaban J connectivity index is 2.22. The van der Waals surface area contributed by atoms with Gasteiger partial charge in [0.05, 0.1) is 0 Å². The molecule has 4 heteroatoms. The Bertz CT molecular complexity index is 710. The molecule has 0 unspecified atom stereocenters. The second-order valence-corrected chi connectivity index (χ2v) is 27.0. The van der Waals surface area contributed by atoms with Crippen LogP contribution in [-0.2, 0) is 9.53 Å². The zero-order chi connectivity index (χ0) is 17.5. The number of carbonyl (C=O) groups is 1. The monoisotopic (exact) mass is 544 g/mol. The van der Waals surface area contributed by atoms with Crippen LogP contribution in [0.4, 0.5) is 0 Å². The summed E-state index contributed by atoms with van der Waals surface area (Å²) in [5, 5.41) is 0. The summed E-state index contributed by atoms with van der Waals surface area (Å²) >= 11 is -3.53. The summed E-state index contributed by atoms with van der Waals surface area (Å²) in [6.07, 6.45) is 0. The van der Waals surface area contributed by atoms with Crippen LogP contribution in [0.15, 0.2) is 91.0 Å². The molecule has 0 saturated heterocycles. The third-order valence-corrected chi connectivity index (χ3v) is 31.3. The molecule has 126 valence electrons. The van der Waals surface area contributed by atoms with Gasteiger partial charge in [0.2, 0.25) is 0 Å². The van der Waals surface area contributed by atoms with E-state index in [0.717, 1.165) is 0 Å². The number of benzene rings is 3. The van der Waals surface area contributed by atoms with Gasteiger partial charge in [0.1, 0.15) is 0 Å². The molecule has 0 fully saturated rings. The topological polar surface area (TPSA) is 26.3 Å². The summed E-state index contributed by atoms with van der Waals surface area (Å²) in [4.78, 5) is 11.9. The maximum absolute atomic E-state index is 11.9. The van der Waals surface area contributed by atoms with Gasteiger partial charge in [-0.25, -0.2) is 0 Å². The van der Waals surface area contributed by atoms with Crippen molar-refractivity contribution in [3.05, 3.63) is 91.0 Å². The zero-order valence-electron chi connectivity index (χ0n) is 14.1. The van der Waals surface area contributed by atoms with Gasteiger partial charge in [0.25, 0.3) is 0 Å². The van der Waals surface area contributed by atoms with Crippen LogP contribution < -0.4 is 9.37 Å². The Morgan fingerprint density at radius 1 is 0.760 bits per heavy atom.